The lowest BCUT2D eigenvalue weighted by molar-refractivity contribution is -0.138. The minimum Gasteiger partial charge on any atom is -0.346 e. The second kappa shape index (κ2) is 6.89. The van der Waals surface area contributed by atoms with Crippen molar-refractivity contribution in [2.24, 2.45) is 0 Å². The Labute approximate surface area is 145 Å². The Morgan fingerprint density at radius 1 is 1.08 bits per heavy atom. The van der Waals surface area contributed by atoms with Crippen molar-refractivity contribution < 1.29 is 26.7 Å². The highest BCUT2D eigenvalue weighted by atomic mass is 19.4. The Morgan fingerprint density at radius 2 is 1.85 bits per heavy atom. The zero-order chi connectivity index (χ0) is 18.9. The molecule has 0 aliphatic carbocycles. The largest absolute Gasteiger partial charge is 0.417 e. The van der Waals surface area contributed by atoms with Crippen LogP contribution >= 0.6 is 0 Å². The maximum atomic E-state index is 13.7. The van der Waals surface area contributed by atoms with Crippen molar-refractivity contribution in [2.75, 3.05) is 24.5 Å². The first-order chi connectivity index (χ1) is 12.2. The van der Waals surface area contributed by atoms with Gasteiger partial charge in [-0.05, 0) is 30.3 Å². The molecular formula is C17H14F5N3O. The number of aromatic nitrogens is 1. The van der Waals surface area contributed by atoms with Crippen LogP contribution in [0.2, 0.25) is 0 Å². The molecule has 1 aliphatic rings. The quantitative estimate of drug-likeness (QED) is 0.778. The van der Waals surface area contributed by atoms with Gasteiger partial charge < -0.3 is 9.80 Å². The van der Waals surface area contributed by atoms with E-state index >= 15 is 0 Å². The number of anilines is 1. The summed E-state index contributed by atoms with van der Waals surface area (Å²) >= 11 is 0. The number of carbonyl (C=O) groups excluding carboxylic acids is 1. The van der Waals surface area contributed by atoms with E-state index in [0.29, 0.717) is 12.7 Å². The van der Waals surface area contributed by atoms with Gasteiger partial charge in [0, 0.05) is 31.4 Å². The fraction of sp³-hybridized carbons (Fsp3) is 0.294. The van der Waals surface area contributed by atoms with Crippen LogP contribution in [0.1, 0.15) is 11.1 Å². The van der Waals surface area contributed by atoms with Crippen LogP contribution < -0.4 is 4.90 Å². The van der Waals surface area contributed by atoms with Crippen LogP contribution in [0.5, 0.6) is 0 Å². The summed E-state index contributed by atoms with van der Waals surface area (Å²) in [6, 6.07) is 5.14. The molecule has 26 heavy (non-hydrogen) atoms. The molecule has 1 saturated heterocycles. The number of alkyl halides is 3. The first kappa shape index (κ1) is 18.1. The molecule has 0 radical (unpaired) electrons. The van der Waals surface area contributed by atoms with Crippen LogP contribution in [0, 0.1) is 11.6 Å². The molecule has 1 aliphatic heterocycles. The molecule has 0 unspecified atom stereocenters. The van der Waals surface area contributed by atoms with Crippen molar-refractivity contribution in [3.05, 3.63) is 59.3 Å². The molecule has 3 rings (SSSR count). The summed E-state index contributed by atoms with van der Waals surface area (Å²) in [6.45, 7) is 0.366. The Bertz CT molecular complexity index is 807. The molecule has 9 heteroatoms. The van der Waals surface area contributed by atoms with E-state index in [4.69, 9.17) is 0 Å². The fourth-order valence-corrected chi connectivity index (χ4v) is 2.68. The lowest BCUT2D eigenvalue weighted by Crippen LogP contribution is -2.50. The van der Waals surface area contributed by atoms with Crippen molar-refractivity contribution in [2.45, 2.75) is 12.7 Å². The molecule has 1 aromatic carbocycles. The zero-order valence-electron chi connectivity index (χ0n) is 13.4. The molecule has 138 valence electrons. The van der Waals surface area contributed by atoms with E-state index < -0.39 is 23.4 Å². The highest BCUT2D eigenvalue weighted by Crippen LogP contribution is 2.29. The third kappa shape index (κ3) is 3.92. The smallest absolute Gasteiger partial charge is 0.346 e. The predicted octanol–water partition coefficient (Wildman–Crippen LogP) is 3.23. The van der Waals surface area contributed by atoms with Crippen LogP contribution in [-0.4, -0.2) is 35.4 Å². The van der Waals surface area contributed by atoms with Crippen molar-refractivity contribution in [3.8, 4) is 0 Å². The number of halogens is 5. The van der Waals surface area contributed by atoms with Gasteiger partial charge in [0.1, 0.15) is 17.5 Å². The van der Waals surface area contributed by atoms with Crippen LogP contribution in [-0.2, 0) is 17.5 Å². The Hall–Kier alpha value is -2.71. The van der Waals surface area contributed by atoms with E-state index in [9.17, 15) is 26.7 Å². The summed E-state index contributed by atoms with van der Waals surface area (Å²) in [5.74, 6) is -1.29. The summed E-state index contributed by atoms with van der Waals surface area (Å²) in [5, 5.41) is 0. The van der Waals surface area contributed by atoms with Gasteiger partial charge in [0.15, 0.2) is 0 Å². The number of rotatable bonds is 3. The highest BCUT2D eigenvalue weighted by Gasteiger charge is 2.31. The third-order valence-electron chi connectivity index (χ3n) is 4.09. The molecule has 2 aromatic rings. The second-order valence-electron chi connectivity index (χ2n) is 5.88. The first-order valence-corrected chi connectivity index (χ1v) is 7.74. The number of amides is 1. The third-order valence-corrected chi connectivity index (χ3v) is 4.09. The summed E-state index contributed by atoms with van der Waals surface area (Å²) in [6.07, 6.45) is -3.76. The molecule has 0 N–H and O–H groups in total. The highest BCUT2D eigenvalue weighted by molar-refractivity contribution is 5.82. The number of carbonyl (C=O) groups is 1. The molecule has 4 nitrogen and oxygen atoms in total. The molecule has 0 atom stereocenters. The Balaban J connectivity index is 1.67. The van der Waals surface area contributed by atoms with Crippen LogP contribution in [0.15, 0.2) is 36.5 Å². The van der Waals surface area contributed by atoms with E-state index in [0.717, 1.165) is 24.3 Å². The lowest BCUT2D eigenvalue weighted by Gasteiger charge is -2.35. The summed E-state index contributed by atoms with van der Waals surface area (Å²) in [7, 11) is 0. The van der Waals surface area contributed by atoms with Crippen LogP contribution in [0.4, 0.5) is 27.8 Å². The molecule has 0 saturated carbocycles. The second-order valence-corrected chi connectivity index (χ2v) is 5.88. The van der Waals surface area contributed by atoms with E-state index in [1.165, 1.54) is 11.0 Å². The average molecular weight is 371 g/mol. The van der Waals surface area contributed by atoms with Crippen molar-refractivity contribution in [3.63, 3.8) is 0 Å². The average Bonchev–Trinajstić information content (AvgIpc) is 2.59. The number of pyridine rings is 1. The first-order valence-electron chi connectivity index (χ1n) is 7.74. The van der Waals surface area contributed by atoms with E-state index in [1.54, 1.807) is 4.90 Å². The standard InChI is InChI=1S/C17H14F5N3O/c18-13-2-3-14(19)11(7-13)9-25-6-5-24(10-16(25)26)15-4-1-12(8-23-15)17(20,21)22/h1-4,7-8H,5-6,9-10H2. The van der Waals surface area contributed by atoms with Gasteiger partial charge in [-0.15, -0.1) is 0 Å². The number of nitrogens with zero attached hydrogens (tertiary/aromatic N) is 3. The number of hydrogen-bond acceptors (Lipinski definition) is 3. The number of benzene rings is 1. The van der Waals surface area contributed by atoms with E-state index in [1.807, 2.05) is 0 Å². The van der Waals surface area contributed by atoms with Crippen molar-refractivity contribution in [1.82, 2.24) is 9.88 Å². The fourth-order valence-electron chi connectivity index (χ4n) is 2.68. The molecule has 1 amide bonds. The number of piperazine rings is 1. The predicted molar refractivity (Wildman–Crippen MR) is 83.2 cm³/mol. The summed E-state index contributed by atoms with van der Waals surface area (Å²) in [5.41, 5.74) is -0.799. The topological polar surface area (TPSA) is 36.4 Å². The zero-order valence-corrected chi connectivity index (χ0v) is 13.4. The maximum Gasteiger partial charge on any atom is 0.417 e. The molecular weight excluding hydrogens is 357 g/mol. The van der Waals surface area contributed by atoms with Crippen molar-refractivity contribution >= 4 is 11.7 Å². The van der Waals surface area contributed by atoms with Gasteiger partial charge in [-0.2, -0.15) is 13.2 Å². The Morgan fingerprint density at radius 3 is 2.46 bits per heavy atom. The maximum absolute atomic E-state index is 13.7. The molecule has 2 heterocycles. The molecule has 1 fully saturated rings. The molecule has 1 aromatic heterocycles. The minimum atomic E-state index is -4.48. The van der Waals surface area contributed by atoms with Crippen LogP contribution in [0.25, 0.3) is 0 Å². The molecule has 0 spiro atoms. The van der Waals surface area contributed by atoms with Gasteiger partial charge in [0.2, 0.25) is 5.91 Å². The summed E-state index contributed by atoms with van der Waals surface area (Å²) < 4.78 is 64.7. The SMILES string of the molecule is O=C1CN(c2ccc(C(F)(F)F)cn2)CCN1Cc1cc(F)ccc1F. The van der Waals surface area contributed by atoms with Crippen LogP contribution in [0.3, 0.4) is 0 Å². The van der Waals surface area contributed by atoms with Crippen molar-refractivity contribution in [1.29, 1.82) is 0 Å². The van der Waals surface area contributed by atoms with Gasteiger partial charge in [-0.1, -0.05) is 0 Å². The minimum absolute atomic E-state index is 0.0689. The van der Waals surface area contributed by atoms with E-state index in [2.05, 4.69) is 4.98 Å². The Kier molecular flexibility index (Phi) is 4.80. The van der Waals surface area contributed by atoms with E-state index in [-0.39, 0.29) is 36.9 Å². The number of hydrogen-bond donors (Lipinski definition) is 0. The van der Waals surface area contributed by atoms with Gasteiger partial charge in [0.25, 0.3) is 0 Å². The monoisotopic (exact) mass is 371 g/mol. The van der Waals surface area contributed by atoms with Gasteiger partial charge >= 0.3 is 6.18 Å². The van der Waals surface area contributed by atoms with Gasteiger partial charge in [-0.3, -0.25) is 4.79 Å². The summed E-state index contributed by atoms with van der Waals surface area (Å²) in [4.78, 5) is 18.9. The normalized spacial score (nSPS) is 15.5. The molecule has 0 bridgehead atoms. The lowest BCUT2D eigenvalue weighted by atomic mass is 10.1. The van der Waals surface area contributed by atoms with Gasteiger partial charge in [-0.25, -0.2) is 13.8 Å². The van der Waals surface area contributed by atoms with Gasteiger partial charge in [0.05, 0.1) is 12.1 Å².